The fraction of sp³-hybridized carbons (Fsp3) is 0.115. The van der Waals surface area contributed by atoms with Crippen molar-refractivity contribution in [3.05, 3.63) is 122 Å². The van der Waals surface area contributed by atoms with Crippen molar-refractivity contribution in [2.75, 3.05) is 0 Å². The normalized spacial score (nSPS) is 9.26. The number of aromatic amines is 3. The number of H-pyrrole nitrogens is 3. The largest absolute Gasteiger partial charge is 2.00 e. The SMILES string of the molecule is CC(C)O.[CH2-]c1ccccc1.[CH2-]c1ccccc1.[Zr+2].c1cc(B(c2ccn[nH]2)c2ccn[nH]2)[nH]n1. The van der Waals surface area contributed by atoms with Crippen molar-refractivity contribution in [2.24, 2.45) is 0 Å². The van der Waals surface area contributed by atoms with Gasteiger partial charge in [0.25, 0.3) is 0 Å². The average Bonchev–Trinajstić information content (AvgIpc) is 3.61. The fourth-order valence-corrected chi connectivity index (χ4v) is 2.74. The van der Waals surface area contributed by atoms with Crippen molar-refractivity contribution < 1.29 is 31.3 Å². The summed E-state index contributed by atoms with van der Waals surface area (Å²) in [5.41, 5.74) is 5.13. The summed E-state index contributed by atoms with van der Waals surface area (Å²) in [6.07, 6.45) is 5.03. The number of aliphatic hydroxyl groups excluding tert-OH is 1. The summed E-state index contributed by atoms with van der Waals surface area (Å²) < 4.78 is 0. The minimum absolute atomic E-state index is 0. The van der Waals surface area contributed by atoms with Crippen LogP contribution in [-0.4, -0.2) is 48.5 Å². The molecule has 4 N–H and O–H groups in total. The number of benzene rings is 2. The number of aromatic nitrogens is 6. The van der Waals surface area contributed by atoms with E-state index >= 15 is 0 Å². The molecular weight excluding hydrogens is 514 g/mol. The van der Waals surface area contributed by atoms with E-state index in [9.17, 15) is 0 Å². The van der Waals surface area contributed by atoms with E-state index in [0.717, 1.165) is 27.9 Å². The molecular formula is C26H31BN6OZr. The van der Waals surface area contributed by atoms with Crippen molar-refractivity contribution in [1.82, 2.24) is 30.6 Å². The van der Waals surface area contributed by atoms with Gasteiger partial charge in [0.05, 0.1) is 0 Å². The van der Waals surface area contributed by atoms with E-state index in [1.165, 1.54) is 0 Å². The molecule has 0 saturated carbocycles. The fourth-order valence-electron chi connectivity index (χ4n) is 2.74. The summed E-state index contributed by atoms with van der Waals surface area (Å²) >= 11 is 0. The van der Waals surface area contributed by atoms with Gasteiger partial charge in [-0.15, -0.1) is 24.3 Å². The summed E-state index contributed by atoms with van der Waals surface area (Å²) in [4.78, 5) is 0. The molecule has 0 radical (unpaired) electrons. The van der Waals surface area contributed by atoms with E-state index in [1.54, 1.807) is 32.4 Å². The molecule has 0 saturated heterocycles. The third kappa shape index (κ3) is 12.1. The second-order valence-electron chi connectivity index (χ2n) is 7.53. The Morgan fingerprint density at radius 2 is 0.914 bits per heavy atom. The first-order valence-electron chi connectivity index (χ1n) is 10.9. The van der Waals surface area contributed by atoms with E-state index in [4.69, 9.17) is 5.11 Å². The predicted octanol–water partition coefficient (Wildman–Crippen LogP) is 2.49. The molecule has 0 aliphatic rings. The number of hydrogen-bond acceptors (Lipinski definition) is 4. The van der Waals surface area contributed by atoms with Crippen LogP contribution in [0.5, 0.6) is 0 Å². The van der Waals surface area contributed by atoms with E-state index < -0.39 is 0 Å². The van der Waals surface area contributed by atoms with Gasteiger partial charge in [-0.05, 0) is 32.0 Å². The Bertz CT molecular complexity index is 982. The van der Waals surface area contributed by atoms with Gasteiger partial charge in [0.2, 0.25) is 0 Å². The van der Waals surface area contributed by atoms with Crippen LogP contribution in [0.15, 0.2) is 97.5 Å². The molecule has 9 heteroatoms. The molecule has 0 bridgehead atoms. The molecule has 0 atom stereocenters. The van der Waals surface area contributed by atoms with Crippen molar-refractivity contribution in [1.29, 1.82) is 0 Å². The molecule has 3 aromatic heterocycles. The summed E-state index contributed by atoms with van der Waals surface area (Å²) in [6, 6.07) is 25.6. The van der Waals surface area contributed by atoms with Gasteiger partial charge in [0.1, 0.15) is 0 Å². The van der Waals surface area contributed by atoms with Crippen molar-refractivity contribution in [3.8, 4) is 0 Å². The van der Waals surface area contributed by atoms with Crippen molar-refractivity contribution in [2.45, 2.75) is 20.0 Å². The minimum Gasteiger partial charge on any atom is -0.394 e. The molecule has 2 aromatic carbocycles. The monoisotopic (exact) mass is 544 g/mol. The van der Waals surface area contributed by atoms with Gasteiger partial charge in [-0.25, -0.2) is 0 Å². The van der Waals surface area contributed by atoms with Crippen LogP contribution in [-0.2, 0) is 26.2 Å². The molecule has 178 valence electrons. The molecule has 0 amide bonds. The van der Waals surface area contributed by atoms with Crippen LogP contribution in [0.1, 0.15) is 25.0 Å². The molecule has 0 spiro atoms. The standard InChI is InChI=1S/C9H9BN6.2C7H7.C3H8O.Zr/c1-4-11-14-7(1)10(8-2-5-12-15-8)9-3-6-13-16-9;2*1-7-5-3-2-4-6-7;1-3(2)4;/h1-6H,(H,11,14)(H,12,15)(H,13,16);2*2-6H,1H2;3-4H,1-2H3;/q;2*-1;;+2. The quantitative estimate of drug-likeness (QED) is 0.207. The first-order chi connectivity index (χ1) is 16.5. The number of nitrogens with zero attached hydrogens (tertiary/aromatic N) is 3. The van der Waals surface area contributed by atoms with Crippen LogP contribution in [0.25, 0.3) is 0 Å². The van der Waals surface area contributed by atoms with Crippen molar-refractivity contribution >= 4 is 23.5 Å². The molecule has 0 aliphatic heterocycles. The van der Waals surface area contributed by atoms with Crippen LogP contribution < -0.4 is 16.8 Å². The summed E-state index contributed by atoms with van der Waals surface area (Å²) in [5, 5.41) is 28.9. The van der Waals surface area contributed by atoms with Crippen LogP contribution in [0.4, 0.5) is 0 Å². The van der Waals surface area contributed by atoms with Crippen LogP contribution >= 0.6 is 0 Å². The van der Waals surface area contributed by atoms with Gasteiger partial charge < -0.3 is 5.11 Å². The predicted molar refractivity (Wildman–Crippen MR) is 140 cm³/mol. The second-order valence-corrected chi connectivity index (χ2v) is 7.53. The molecule has 3 heterocycles. The Morgan fingerprint density at radius 1 is 0.629 bits per heavy atom. The maximum atomic E-state index is 8.06. The van der Waals surface area contributed by atoms with Gasteiger partial charge in [0, 0.05) is 41.5 Å². The first-order valence-corrected chi connectivity index (χ1v) is 10.9. The number of rotatable bonds is 3. The van der Waals surface area contributed by atoms with Crippen LogP contribution in [0.2, 0.25) is 0 Å². The van der Waals surface area contributed by atoms with Crippen LogP contribution in [0.3, 0.4) is 0 Å². The van der Waals surface area contributed by atoms with E-state index in [-0.39, 0.29) is 39.0 Å². The zero-order valence-corrected chi connectivity index (χ0v) is 22.6. The zero-order chi connectivity index (χ0) is 24.6. The van der Waals surface area contributed by atoms with Gasteiger partial charge in [-0.3, -0.25) is 15.3 Å². The maximum absolute atomic E-state index is 8.06. The van der Waals surface area contributed by atoms with Crippen LogP contribution in [0, 0.1) is 13.8 Å². The molecule has 35 heavy (non-hydrogen) atoms. The summed E-state index contributed by atoms with van der Waals surface area (Å²) in [7, 11) is 0. The smallest absolute Gasteiger partial charge is 0.394 e. The maximum Gasteiger partial charge on any atom is 2.00 e. The Kier molecular flexibility index (Phi) is 14.6. The summed E-state index contributed by atoms with van der Waals surface area (Å²) in [5.74, 6) is 0. The van der Waals surface area contributed by atoms with E-state index in [0.29, 0.717) is 0 Å². The topological polar surface area (TPSA) is 106 Å². The number of nitrogens with one attached hydrogen (secondary N) is 3. The molecule has 0 aliphatic carbocycles. The van der Waals surface area contributed by atoms with Gasteiger partial charge >= 0.3 is 32.9 Å². The molecule has 0 unspecified atom stereocenters. The number of aliphatic hydroxyl groups is 1. The van der Waals surface area contributed by atoms with Gasteiger partial charge in [-0.2, -0.15) is 64.5 Å². The first kappa shape index (κ1) is 29.7. The third-order valence-electron chi connectivity index (χ3n) is 4.19. The third-order valence-corrected chi connectivity index (χ3v) is 4.19. The Hall–Kier alpha value is -3.28. The molecule has 0 fully saturated rings. The van der Waals surface area contributed by atoms with Crippen molar-refractivity contribution in [3.63, 3.8) is 0 Å². The zero-order valence-electron chi connectivity index (χ0n) is 20.1. The minimum atomic E-state index is -0.167. The summed E-state index contributed by atoms with van der Waals surface area (Å²) in [6.45, 7) is 10.9. The molecule has 5 aromatic rings. The van der Waals surface area contributed by atoms with Gasteiger partial charge in [-0.1, -0.05) is 12.1 Å². The van der Waals surface area contributed by atoms with E-state index in [2.05, 4.69) is 44.4 Å². The molecule has 5 rings (SSSR count). The Balaban J connectivity index is 0.000000270. The van der Waals surface area contributed by atoms with E-state index in [1.807, 2.05) is 78.9 Å². The van der Waals surface area contributed by atoms with Gasteiger partial charge in [0.15, 0.2) is 0 Å². The Labute approximate surface area is 227 Å². The molecule has 7 nitrogen and oxygen atoms in total. The average molecular weight is 546 g/mol. The number of hydrogen-bond donors (Lipinski definition) is 4. The Morgan fingerprint density at radius 3 is 1.09 bits per heavy atom. The second kappa shape index (κ2) is 17.2.